The van der Waals surface area contributed by atoms with Crippen LogP contribution in [0.2, 0.25) is 0 Å². The van der Waals surface area contributed by atoms with E-state index in [1.807, 2.05) is 0 Å². The maximum Gasteiger partial charge on any atom is 0.169 e. The second kappa shape index (κ2) is 5.64. The highest BCUT2D eigenvalue weighted by Gasteiger charge is 2.14. The predicted octanol–water partition coefficient (Wildman–Crippen LogP) is 1.07. The molecule has 1 heterocycles. The van der Waals surface area contributed by atoms with E-state index in [0.29, 0.717) is 11.8 Å². The van der Waals surface area contributed by atoms with E-state index in [9.17, 15) is 0 Å². The summed E-state index contributed by atoms with van der Waals surface area (Å²) in [6, 6.07) is 0. The van der Waals surface area contributed by atoms with Crippen LogP contribution in [0.25, 0.3) is 0 Å². The first-order chi connectivity index (χ1) is 6.36. The van der Waals surface area contributed by atoms with Gasteiger partial charge in [0.15, 0.2) is 5.84 Å². The molecule has 74 valence electrons. The van der Waals surface area contributed by atoms with Gasteiger partial charge in [0.2, 0.25) is 0 Å². The molecule has 0 radical (unpaired) electrons. The third kappa shape index (κ3) is 3.50. The van der Waals surface area contributed by atoms with E-state index >= 15 is 0 Å². The maximum absolute atomic E-state index is 6.83. The molecular weight excluding hydrogens is 166 g/mol. The third-order valence-electron chi connectivity index (χ3n) is 2.44. The van der Waals surface area contributed by atoms with Crippen molar-refractivity contribution in [3.05, 3.63) is 0 Å². The Bertz CT molecular complexity index is 181. The molecule has 1 aliphatic heterocycles. The van der Waals surface area contributed by atoms with Gasteiger partial charge in [0.05, 0.1) is 0 Å². The molecule has 5 nitrogen and oxygen atoms in total. The van der Waals surface area contributed by atoms with Crippen LogP contribution < -0.4 is 11.2 Å². The first kappa shape index (κ1) is 10.1. The maximum atomic E-state index is 6.83. The first-order valence-electron chi connectivity index (χ1n) is 4.71. The summed E-state index contributed by atoms with van der Waals surface area (Å²) in [5.41, 5.74) is 6.83. The van der Waals surface area contributed by atoms with E-state index in [2.05, 4.69) is 15.5 Å². The lowest BCUT2D eigenvalue weighted by Crippen LogP contribution is -2.14. The van der Waals surface area contributed by atoms with Gasteiger partial charge in [-0.3, -0.25) is 0 Å². The van der Waals surface area contributed by atoms with E-state index in [4.69, 9.17) is 11.4 Å². The van der Waals surface area contributed by atoms with Crippen LogP contribution in [0.5, 0.6) is 0 Å². The summed E-state index contributed by atoms with van der Waals surface area (Å²) < 4.78 is 0. The van der Waals surface area contributed by atoms with Crippen molar-refractivity contribution in [2.75, 3.05) is 13.1 Å². The number of nitrogens with zero attached hydrogens (tertiary/aromatic N) is 2. The van der Waals surface area contributed by atoms with Gasteiger partial charge in [-0.2, -0.15) is 5.10 Å². The molecule has 0 bridgehead atoms. The highest BCUT2D eigenvalue weighted by atomic mass is 15.2. The summed E-state index contributed by atoms with van der Waals surface area (Å²) >= 11 is 0. The van der Waals surface area contributed by atoms with Crippen LogP contribution in [0, 0.1) is 11.4 Å². The van der Waals surface area contributed by atoms with Crippen molar-refractivity contribution >= 4 is 5.84 Å². The Morgan fingerprint density at radius 2 is 2.31 bits per heavy atom. The zero-order valence-corrected chi connectivity index (χ0v) is 7.79. The number of hydrogen-bond donors (Lipinski definition) is 3. The topological polar surface area (TPSA) is 86.6 Å². The van der Waals surface area contributed by atoms with Crippen molar-refractivity contribution in [2.24, 2.45) is 22.0 Å². The fraction of sp³-hybridized carbons (Fsp3) is 0.875. The van der Waals surface area contributed by atoms with Crippen LogP contribution in [0.15, 0.2) is 10.2 Å². The summed E-state index contributed by atoms with van der Waals surface area (Å²) in [6.45, 7) is 2.16. The molecule has 1 rings (SSSR count). The summed E-state index contributed by atoms with van der Waals surface area (Å²) in [5.74, 6) is 6.15. The van der Waals surface area contributed by atoms with Crippen LogP contribution in [0.1, 0.15) is 25.7 Å². The van der Waals surface area contributed by atoms with Crippen LogP contribution in [0.4, 0.5) is 0 Å². The van der Waals surface area contributed by atoms with Crippen molar-refractivity contribution in [3.63, 3.8) is 0 Å². The van der Waals surface area contributed by atoms with Crippen molar-refractivity contribution in [1.82, 2.24) is 5.32 Å². The Morgan fingerprint density at radius 3 is 3.00 bits per heavy atom. The SMILES string of the molecule is N=N/C(CC1CCCNCC1)=N\N. The second-order valence-electron chi connectivity index (χ2n) is 3.41. The van der Waals surface area contributed by atoms with Crippen LogP contribution in [0.3, 0.4) is 0 Å². The van der Waals surface area contributed by atoms with E-state index < -0.39 is 0 Å². The molecular formula is C8H17N5. The standard InChI is InChI=1S/C8H17N5/c9-12-8(13-10)6-7-2-1-4-11-5-3-7/h7,9,11H,1-6,10H2/b12-9?,13-8-. The van der Waals surface area contributed by atoms with E-state index in [1.54, 1.807) is 0 Å². The van der Waals surface area contributed by atoms with Crippen LogP contribution >= 0.6 is 0 Å². The number of hydrazone groups is 1. The average molecular weight is 183 g/mol. The molecule has 4 N–H and O–H groups in total. The van der Waals surface area contributed by atoms with E-state index in [1.165, 1.54) is 12.8 Å². The van der Waals surface area contributed by atoms with Crippen LogP contribution in [-0.4, -0.2) is 18.9 Å². The van der Waals surface area contributed by atoms with E-state index in [-0.39, 0.29) is 0 Å². The fourth-order valence-electron chi connectivity index (χ4n) is 1.68. The van der Waals surface area contributed by atoms with Gasteiger partial charge >= 0.3 is 0 Å². The van der Waals surface area contributed by atoms with Gasteiger partial charge in [0, 0.05) is 6.42 Å². The average Bonchev–Trinajstić information content (AvgIpc) is 2.42. The minimum absolute atomic E-state index is 0.465. The summed E-state index contributed by atoms with van der Waals surface area (Å²) in [4.78, 5) is 0. The molecule has 1 saturated heterocycles. The second-order valence-corrected chi connectivity index (χ2v) is 3.41. The molecule has 0 amide bonds. The zero-order valence-electron chi connectivity index (χ0n) is 7.79. The van der Waals surface area contributed by atoms with Gasteiger partial charge in [-0.25, -0.2) is 5.53 Å². The zero-order chi connectivity index (χ0) is 9.52. The molecule has 1 unspecified atom stereocenters. The van der Waals surface area contributed by atoms with Gasteiger partial charge in [-0.05, 0) is 38.3 Å². The number of amidine groups is 1. The van der Waals surface area contributed by atoms with Crippen molar-refractivity contribution in [3.8, 4) is 0 Å². The Morgan fingerprint density at radius 1 is 1.46 bits per heavy atom. The van der Waals surface area contributed by atoms with Crippen molar-refractivity contribution in [2.45, 2.75) is 25.7 Å². The van der Waals surface area contributed by atoms with Gasteiger partial charge in [-0.15, -0.1) is 5.11 Å². The Balaban J connectivity index is 2.37. The van der Waals surface area contributed by atoms with Gasteiger partial charge < -0.3 is 11.2 Å². The molecule has 1 aliphatic rings. The molecule has 0 saturated carbocycles. The summed E-state index contributed by atoms with van der Waals surface area (Å²) in [5, 5.41) is 10.1. The lowest BCUT2D eigenvalue weighted by atomic mass is 9.96. The third-order valence-corrected chi connectivity index (χ3v) is 2.44. The summed E-state index contributed by atoms with van der Waals surface area (Å²) in [7, 11) is 0. The highest BCUT2D eigenvalue weighted by molar-refractivity contribution is 5.82. The van der Waals surface area contributed by atoms with Crippen LogP contribution in [-0.2, 0) is 0 Å². The molecule has 0 aromatic carbocycles. The van der Waals surface area contributed by atoms with Crippen molar-refractivity contribution < 1.29 is 0 Å². The molecule has 0 aromatic heterocycles. The Hall–Kier alpha value is -0.970. The summed E-state index contributed by atoms with van der Waals surface area (Å²) in [6.07, 6.45) is 4.26. The smallest absolute Gasteiger partial charge is 0.169 e. The molecule has 1 fully saturated rings. The lowest BCUT2D eigenvalue weighted by Gasteiger charge is -2.11. The minimum atomic E-state index is 0.465. The molecule has 1 atom stereocenters. The number of hydrogen-bond acceptors (Lipinski definition) is 4. The number of nitrogens with one attached hydrogen (secondary N) is 2. The number of nitrogens with two attached hydrogens (primary N) is 1. The first-order valence-corrected chi connectivity index (χ1v) is 4.71. The predicted molar refractivity (Wildman–Crippen MR) is 51.6 cm³/mol. The lowest BCUT2D eigenvalue weighted by molar-refractivity contribution is 0.487. The number of rotatable bonds is 2. The van der Waals surface area contributed by atoms with Gasteiger partial charge in [-0.1, -0.05) is 0 Å². The highest BCUT2D eigenvalue weighted by Crippen LogP contribution is 2.18. The molecule has 0 spiro atoms. The fourth-order valence-corrected chi connectivity index (χ4v) is 1.68. The largest absolute Gasteiger partial charge is 0.321 e. The van der Waals surface area contributed by atoms with Gasteiger partial charge in [0.1, 0.15) is 0 Å². The minimum Gasteiger partial charge on any atom is -0.321 e. The molecule has 0 aromatic rings. The molecule has 5 heteroatoms. The molecule has 0 aliphatic carbocycles. The van der Waals surface area contributed by atoms with E-state index in [0.717, 1.165) is 25.9 Å². The Labute approximate surface area is 78.3 Å². The quantitative estimate of drug-likeness (QED) is 0.196. The normalized spacial score (nSPS) is 25.2. The van der Waals surface area contributed by atoms with Crippen molar-refractivity contribution in [1.29, 1.82) is 5.53 Å². The monoisotopic (exact) mass is 183 g/mol. The Kier molecular flexibility index (Phi) is 4.39. The van der Waals surface area contributed by atoms with Gasteiger partial charge in [0.25, 0.3) is 0 Å². The molecule has 13 heavy (non-hydrogen) atoms.